The molecule has 1 amide bonds. The number of hydrogen-bond donors (Lipinski definition) is 2. The molecule has 0 fully saturated rings. The first kappa shape index (κ1) is 20.8. The van der Waals surface area contributed by atoms with E-state index in [0.29, 0.717) is 6.42 Å². The predicted molar refractivity (Wildman–Crippen MR) is 101 cm³/mol. The van der Waals surface area contributed by atoms with Crippen molar-refractivity contribution in [3.8, 4) is 5.75 Å². The molecule has 0 aliphatic heterocycles. The minimum Gasteiger partial charge on any atom is -0.508 e. The summed E-state index contributed by atoms with van der Waals surface area (Å²) < 4.78 is 28.3. The number of benzene rings is 2. The van der Waals surface area contributed by atoms with E-state index in [9.17, 15) is 18.7 Å². The molecular weight excluding hydrogens is 350 g/mol. The van der Waals surface area contributed by atoms with Crippen LogP contribution in [0.25, 0.3) is 0 Å². The molecule has 2 aromatic carbocycles. The molecule has 2 rings (SSSR count). The third kappa shape index (κ3) is 5.26. The van der Waals surface area contributed by atoms with Crippen LogP contribution in [0.3, 0.4) is 0 Å². The quantitative estimate of drug-likeness (QED) is 0.742. The van der Waals surface area contributed by atoms with Gasteiger partial charge < -0.3 is 15.7 Å². The number of phenolic OH excluding ortho intramolecular Hbond substituents is 1. The molecular formula is C21H26F2N2O2. The first-order valence-electron chi connectivity index (χ1n) is 8.88. The number of amides is 1. The molecule has 0 saturated heterocycles. The Bertz CT molecular complexity index is 758. The van der Waals surface area contributed by atoms with Crippen LogP contribution in [-0.2, 0) is 11.2 Å². The number of likely N-dealkylation sites (N-methyl/N-ethyl adjacent to an activating group) is 1. The third-order valence-corrected chi connectivity index (χ3v) is 5.12. The lowest BCUT2D eigenvalue weighted by Gasteiger charge is -2.30. The van der Waals surface area contributed by atoms with E-state index in [2.05, 4.69) is 0 Å². The molecule has 0 aromatic heterocycles. The van der Waals surface area contributed by atoms with Crippen molar-refractivity contribution >= 4 is 5.91 Å². The van der Waals surface area contributed by atoms with Crippen molar-refractivity contribution in [3.63, 3.8) is 0 Å². The highest BCUT2D eigenvalue weighted by atomic mass is 19.1. The molecule has 0 spiro atoms. The van der Waals surface area contributed by atoms with Crippen LogP contribution in [0.4, 0.5) is 8.78 Å². The van der Waals surface area contributed by atoms with Gasteiger partial charge in [0, 0.05) is 29.7 Å². The summed E-state index contributed by atoms with van der Waals surface area (Å²) in [6, 6.07) is 11.0. The molecule has 0 heterocycles. The van der Waals surface area contributed by atoms with Gasteiger partial charge in [0.1, 0.15) is 17.4 Å². The lowest BCUT2D eigenvalue weighted by Crippen LogP contribution is -2.38. The second kappa shape index (κ2) is 8.95. The lowest BCUT2D eigenvalue weighted by atomic mass is 9.81. The van der Waals surface area contributed by atoms with Crippen LogP contribution in [0.1, 0.15) is 30.4 Å². The molecule has 0 aliphatic carbocycles. The van der Waals surface area contributed by atoms with Gasteiger partial charge in [-0.1, -0.05) is 37.3 Å². The van der Waals surface area contributed by atoms with Gasteiger partial charge in [0.2, 0.25) is 5.91 Å². The summed E-state index contributed by atoms with van der Waals surface area (Å²) in [6.45, 7) is 1.93. The zero-order valence-corrected chi connectivity index (χ0v) is 15.8. The average molecular weight is 376 g/mol. The minimum absolute atomic E-state index is 0.0657. The van der Waals surface area contributed by atoms with E-state index >= 15 is 0 Å². The van der Waals surface area contributed by atoms with Gasteiger partial charge in [0.25, 0.3) is 0 Å². The summed E-state index contributed by atoms with van der Waals surface area (Å²) in [5.74, 6) is -3.10. The molecule has 3 atom stereocenters. The number of nitrogens with zero attached hydrogens (tertiary/aromatic N) is 1. The van der Waals surface area contributed by atoms with Gasteiger partial charge in [-0.3, -0.25) is 4.79 Å². The highest BCUT2D eigenvalue weighted by molar-refractivity contribution is 5.77. The van der Waals surface area contributed by atoms with Crippen molar-refractivity contribution < 1.29 is 18.7 Å². The molecule has 0 aliphatic rings. The Morgan fingerprint density at radius 3 is 2.19 bits per heavy atom. The smallest absolute Gasteiger partial charge is 0.221 e. The van der Waals surface area contributed by atoms with E-state index in [1.165, 1.54) is 0 Å². The Morgan fingerprint density at radius 1 is 1.15 bits per heavy atom. The summed E-state index contributed by atoms with van der Waals surface area (Å²) in [5, 5.41) is 9.33. The molecule has 3 N–H and O–H groups in total. The normalized spacial score (nSPS) is 14.7. The molecule has 27 heavy (non-hydrogen) atoms. The summed E-state index contributed by atoms with van der Waals surface area (Å²) in [4.78, 5) is 14.0. The fourth-order valence-corrected chi connectivity index (χ4v) is 3.35. The van der Waals surface area contributed by atoms with Crippen molar-refractivity contribution in [2.45, 2.75) is 31.7 Å². The topological polar surface area (TPSA) is 66.6 Å². The van der Waals surface area contributed by atoms with E-state index in [0.717, 1.165) is 17.7 Å². The van der Waals surface area contributed by atoms with E-state index in [1.807, 2.05) is 42.2 Å². The molecule has 0 radical (unpaired) electrons. The van der Waals surface area contributed by atoms with Gasteiger partial charge in [-0.25, -0.2) is 8.78 Å². The maximum Gasteiger partial charge on any atom is 0.221 e. The number of hydrogen-bond acceptors (Lipinski definition) is 3. The van der Waals surface area contributed by atoms with Crippen LogP contribution in [0.5, 0.6) is 5.75 Å². The van der Waals surface area contributed by atoms with Crippen LogP contribution in [0, 0.1) is 17.6 Å². The average Bonchev–Trinajstić information content (AvgIpc) is 2.60. The van der Waals surface area contributed by atoms with Crippen LogP contribution in [0.15, 0.2) is 42.5 Å². The molecule has 0 saturated carbocycles. The Balaban J connectivity index is 2.26. The SMILES string of the molecule is CC(c1ccccc1)C(C[C@@H](Cc1c(F)cc(O)cc1F)N(C)C)C(N)=O. The number of primary amides is 1. The van der Waals surface area contributed by atoms with Gasteiger partial charge in [0.05, 0.1) is 0 Å². The van der Waals surface area contributed by atoms with E-state index in [1.54, 1.807) is 14.1 Å². The van der Waals surface area contributed by atoms with E-state index in [4.69, 9.17) is 5.73 Å². The number of carbonyl (C=O) groups excluding carboxylic acids is 1. The van der Waals surface area contributed by atoms with Gasteiger partial charge in [-0.2, -0.15) is 0 Å². The highest BCUT2D eigenvalue weighted by Crippen LogP contribution is 2.30. The minimum atomic E-state index is -0.800. The Morgan fingerprint density at radius 2 is 1.70 bits per heavy atom. The number of aromatic hydroxyl groups is 1. The van der Waals surface area contributed by atoms with Gasteiger partial charge in [-0.05, 0) is 38.4 Å². The van der Waals surface area contributed by atoms with Crippen LogP contribution in [0.2, 0.25) is 0 Å². The largest absolute Gasteiger partial charge is 0.508 e. The molecule has 2 unspecified atom stereocenters. The standard InChI is InChI=1S/C21H26F2N2O2/c1-13(14-7-5-4-6-8-14)17(21(24)27)9-15(25(2)3)10-18-19(22)11-16(26)12-20(18)23/h4-8,11-13,15,17,26H,9-10H2,1-3H3,(H2,24,27)/t13?,15-,17?/m0/s1. The number of carbonyl (C=O) groups is 1. The highest BCUT2D eigenvalue weighted by Gasteiger charge is 2.29. The third-order valence-electron chi connectivity index (χ3n) is 5.12. The Labute approximate surface area is 158 Å². The first-order chi connectivity index (χ1) is 12.7. The molecule has 146 valence electrons. The Kier molecular flexibility index (Phi) is 6.91. The van der Waals surface area contributed by atoms with Crippen molar-refractivity contribution in [2.24, 2.45) is 11.7 Å². The van der Waals surface area contributed by atoms with Crippen LogP contribution in [-0.4, -0.2) is 36.1 Å². The van der Waals surface area contributed by atoms with Crippen LogP contribution < -0.4 is 5.73 Å². The zero-order valence-electron chi connectivity index (χ0n) is 15.8. The Hall–Kier alpha value is -2.47. The molecule has 0 bridgehead atoms. The molecule has 2 aromatic rings. The van der Waals surface area contributed by atoms with Crippen molar-refractivity contribution in [1.82, 2.24) is 4.90 Å². The fraction of sp³-hybridized carbons (Fsp3) is 0.381. The number of nitrogens with two attached hydrogens (primary N) is 1. The summed E-state index contributed by atoms with van der Waals surface area (Å²) in [6.07, 6.45) is 0.425. The number of phenols is 1. The fourth-order valence-electron chi connectivity index (χ4n) is 3.35. The van der Waals surface area contributed by atoms with E-state index in [-0.39, 0.29) is 23.9 Å². The lowest BCUT2D eigenvalue weighted by molar-refractivity contribution is -0.123. The first-order valence-corrected chi connectivity index (χ1v) is 8.88. The van der Waals surface area contributed by atoms with Crippen molar-refractivity contribution in [1.29, 1.82) is 0 Å². The second-order valence-electron chi connectivity index (χ2n) is 7.15. The van der Waals surface area contributed by atoms with Crippen molar-refractivity contribution in [3.05, 3.63) is 65.2 Å². The monoisotopic (exact) mass is 376 g/mol. The maximum absolute atomic E-state index is 14.1. The number of rotatable bonds is 8. The second-order valence-corrected chi connectivity index (χ2v) is 7.15. The summed E-state index contributed by atoms with van der Waals surface area (Å²) >= 11 is 0. The predicted octanol–water partition coefficient (Wildman–Crippen LogP) is 3.44. The maximum atomic E-state index is 14.1. The van der Waals surface area contributed by atoms with Crippen molar-refractivity contribution in [2.75, 3.05) is 14.1 Å². The van der Waals surface area contributed by atoms with Gasteiger partial charge in [0.15, 0.2) is 0 Å². The zero-order chi connectivity index (χ0) is 20.1. The van der Waals surface area contributed by atoms with Gasteiger partial charge in [-0.15, -0.1) is 0 Å². The molecule has 4 nitrogen and oxygen atoms in total. The summed E-state index contributed by atoms with van der Waals surface area (Å²) in [5.41, 5.74) is 6.54. The summed E-state index contributed by atoms with van der Waals surface area (Å²) in [7, 11) is 3.60. The molecule has 6 heteroatoms. The van der Waals surface area contributed by atoms with Crippen LogP contribution >= 0.6 is 0 Å². The number of halogens is 2. The van der Waals surface area contributed by atoms with Gasteiger partial charge >= 0.3 is 0 Å². The van der Waals surface area contributed by atoms with E-state index < -0.39 is 29.2 Å².